The van der Waals surface area contributed by atoms with Crippen molar-refractivity contribution in [2.24, 2.45) is 13.0 Å². The Hall–Kier alpha value is -3.04. The first kappa shape index (κ1) is 24.0. The number of hydrogen-bond acceptors (Lipinski definition) is 6. The van der Waals surface area contributed by atoms with Gasteiger partial charge in [-0.3, -0.25) is 9.58 Å². The molecule has 3 atom stereocenters. The number of fused-ring (bicyclic) bond motifs is 5. The van der Waals surface area contributed by atoms with Gasteiger partial charge in [0.15, 0.2) is 5.65 Å². The smallest absolute Gasteiger partial charge is 0.158 e. The molecule has 0 radical (unpaired) electrons. The summed E-state index contributed by atoms with van der Waals surface area (Å²) in [5.41, 5.74) is 9.88. The van der Waals surface area contributed by atoms with Crippen LogP contribution in [0.4, 0.5) is 0 Å². The summed E-state index contributed by atoms with van der Waals surface area (Å²) in [5.74, 6) is 1.77. The minimum absolute atomic E-state index is 0.413. The number of aryl methyl sites for hydroxylation is 3. The zero-order chi connectivity index (χ0) is 26.3. The van der Waals surface area contributed by atoms with Crippen LogP contribution in [0.25, 0.3) is 27.1 Å². The molecule has 0 aromatic carbocycles. The highest BCUT2D eigenvalue weighted by atomic mass is 32.1. The first-order chi connectivity index (χ1) is 18.3. The van der Waals surface area contributed by atoms with E-state index >= 15 is 0 Å². The van der Waals surface area contributed by atoms with Crippen LogP contribution >= 0.6 is 11.3 Å². The van der Waals surface area contributed by atoms with Gasteiger partial charge in [0, 0.05) is 54.4 Å². The van der Waals surface area contributed by atoms with E-state index in [0.717, 1.165) is 24.4 Å². The average Bonchev–Trinajstić information content (AvgIpc) is 3.67. The molecule has 38 heavy (non-hydrogen) atoms. The molecule has 5 aromatic rings. The third kappa shape index (κ3) is 3.58. The molecule has 8 nitrogen and oxygen atoms in total. The van der Waals surface area contributed by atoms with E-state index in [1.807, 2.05) is 27.6 Å². The number of aromatic amines is 1. The Morgan fingerprint density at radius 1 is 1.11 bits per heavy atom. The van der Waals surface area contributed by atoms with Gasteiger partial charge < -0.3 is 4.98 Å². The Morgan fingerprint density at radius 2 is 1.95 bits per heavy atom. The first-order valence-corrected chi connectivity index (χ1v) is 14.7. The lowest BCUT2D eigenvalue weighted by Crippen LogP contribution is -2.50. The van der Waals surface area contributed by atoms with E-state index in [4.69, 9.17) is 0 Å². The maximum Gasteiger partial charge on any atom is 0.158 e. The molecule has 9 heteroatoms. The Balaban J connectivity index is 1.26. The second-order valence-electron chi connectivity index (χ2n) is 11.8. The Kier molecular flexibility index (Phi) is 5.53. The van der Waals surface area contributed by atoms with Crippen LogP contribution in [0.15, 0.2) is 18.7 Å². The summed E-state index contributed by atoms with van der Waals surface area (Å²) < 4.78 is 3.73. The molecule has 1 N–H and O–H groups in total. The van der Waals surface area contributed by atoms with Gasteiger partial charge in [0.1, 0.15) is 11.2 Å². The van der Waals surface area contributed by atoms with Gasteiger partial charge >= 0.3 is 0 Å². The number of aromatic nitrogens is 7. The van der Waals surface area contributed by atoms with Gasteiger partial charge in [-0.15, -0.1) is 16.4 Å². The molecule has 0 amide bonds. The van der Waals surface area contributed by atoms with Crippen LogP contribution in [-0.2, 0) is 13.6 Å². The quantitative estimate of drug-likeness (QED) is 0.308. The number of nitrogens with zero attached hydrogens (tertiary/aromatic N) is 7. The Labute approximate surface area is 227 Å². The van der Waals surface area contributed by atoms with E-state index in [-0.39, 0.29) is 0 Å². The second-order valence-corrected chi connectivity index (χ2v) is 12.9. The summed E-state index contributed by atoms with van der Waals surface area (Å²) >= 11 is 2.01. The fourth-order valence-corrected chi connectivity index (χ4v) is 8.68. The molecule has 2 aliphatic heterocycles. The van der Waals surface area contributed by atoms with Gasteiger partial charge in [0.2, 0.25) is 0 Å². The Bertz CT molecular complexity index is 1670. The molecule has 2 bridgehead atoms. The summed E-state index contributed by atoms with van der Waals surface area (Å²) in [5, 5.41) is 14.4. The maximum absolute atomic E-state index is 4.46. The van der Waals surface area contributed by atoms with Crippen LogP contribution in [0.3, 0.4) is 0 Å². The molecular formula is C29H36N8S. The molecule has 8 rings (SSSR count). The molecular weight excluding hydrogens is 492 g/mol. The number of H-pyrrole nitrogens is 1. The first-order valence-electron chi connectivity index (χ1n) is 13.8. The van der Waals surface area contributed by atoms with Crippen LogP contribution in [0.1, 0.15) is 77.8 Å². The van der Waals surface area contributed by atoms with E-state index in [0.29, 0.717) is 23.8 Å². The largest absolute Gasteiger partial charge is 0.346 e. The normalized spacial score (nSPS) is 22.0. The van der Waals surface area contributed by atoms with Crippen molar-refractivity contribution in [3.8, 4) is 11.3 Å². The Morgan fingerprint density at radius 3 is 2.66 bits per heavy atom. The van der Waals surface area contributed by atoms with Crippen molar-refractivity contribution in [1.29, 1.82) is 0 Å². The van der Waals surface area contributed by atoms with Gasteiger partial charge in [-0.25, -0.2) is 9.50 Å². The number of nitrogens with one attached hydrogen (secondary N) is 1. The number of piperidine rings is 2. The summed E-state index contributed by atoms with van der Waals surface area (Å²) in [6.45, 7) is 13.5. The van der Waals surface area contributed by atoms with Crippen molar-refractivity contribution in [3.63, 3.8) is 0 Å². The molecule has 1 aliphatic carbocycles. The topological polar surface area (TPSA) is 79.9 Å². The van der Waals surface area contributed by atoms with E-state index in [9.17, 15) is 0 Å². The van der Waals surface area contributed by atoms with Gasteiger partial charge in [0.05, 0.1) is 11.4 Å². The summed E-state index contributed by atoms with van der Waals surface area (Å²) in [6, 6.07) is 0.631. The molecule has 5 aromatic heterocycles. The molecule has 0 spiro atoms. The van der Waals surface area contributed by atoms with E-state index < -0.39 is 0 Å². The fourth-order valence-electron chi connectivity index (χ4n) is 7.25. The average molecular weight is 529 g/mol. The second kappa shape index (κ2) is 8.74. The third-order valence-electron chi connectivity index (χ3n) is 9.24. The molecule has 7 heterocycles. The van der Waals surface area contributed by atoms with Crippen LogP contribution in [0.2, 0.25) is 0 Å². The third-order valence-corrected chi connectivity index (χ3v) is 10.6. The van der Waals surface area contributed by atoms with Gasteiger partial charge in [0.25, 0.3) is 0 Å². The van der Waals surface area contributed by atoms with Gasteiger partial charge in [-0.2, -0.15) is 5.10 Å². The molecule has 2 saturated heterocycles. The molecule has 3 fully saturated rings. The van der Waals surface area contributed by atoms with E-state index in [1.54, 1.807) is 11.2 Å². The van der Waals surface area contributed by atoms with E-state index in [1.165, 1.54) is 63.0 Å². The number of thiophene rings is 1. The summed E-state index contributed by atoms with van der Waals surface area (Å²) in [7, 11) is 1.95. The molecule has 1 saturated carbocycles. The lowest BCUT2D eigenvalue weighted by molar-refractivity contribution is 0.0257. The van der Waals surface area contributed by atoms with Gasteiger partial charge in [-0.1, -0.05) is 19.1 Å². The summed E-state index contributed by atoms with van der Waals surface area (Å²) in [4.78, 5) is 14.0. The SMILES string of the molecule is Cc1c(-c2[nH]c3sc([C@@H]4C[C@@H]5CC[C@H]4CN5Cc4cn(C)nn4)c(C)c3c2C(C)C)cn2ncnc2c1C. The minimum atomic E-state index is 0.413. The van der Waals surface area contributed by atoms with Crippen molar-refractivity contribution < 1.29 is 0 Å². The van der Waals surface area contributed by atoms with Crippen molar-refractivity contribution in [2.45, 2.75) is 78.3 Å². The van der Waals surface area contributed by atoms with Crippen molar-refractivity contribution in [1.82, 2.24) is 39.5 Å². The zero-order valence-corrected chi connectivity index (χ0v) is 23.9. The highest BCUT2D eigenvalue weighted by Crippen LogP contribution is 2.51. The highest BCUT2D eigenvalue weighted by Gasteiger charge is 2.42. The van der Waals surface area contributed by atoms with Crippen LogP contribution < -0.4 is 0 Å². The molecule has 3 aliphatic rings. The number of hydrogen-bond donors (Lipinski definition) is 1. The van der Waals surface area contributed by atoms with Crippen molar-refractivity contribution >= 4 is 27.2 Å². The number of pyridine rings is 1. The summed E-state index contributed by atoms with van der Waals surface area (Å²) in [6.07, 6.45) is 9.73. The lowest BCUT2D eigenvalue weighted by Gasteiger charge is -2.49. The van der Waals surface area contributed by atoms with Crippen molar-refractivity contribution in [2.75, 3.05) is 6.54 Å². The number of rotatable bonds is 5. The van der Waals surface area contributed by atoms with Crippen molar-refractivity contribution in [3.05, 3.63) is 51.5 Å². The van der Waals surface area contributed by atoms with Gasteiger partial charge in [-0.05, 0) is 80.0 Å². The standard InChI is InChI=1S/C29H36N8S/c1-15(2)24-25-18(5)27(22-9-21-8-7-19(22)10-36(21)12-20-11-35(6)34-33-20)38-29(25)32-26(24)23-13-37-28(30-14-31-37)17(4)16(23)3/h11,13-15,19,21-22,32H,7-10,12H2,1-6H3/t19-,21-,22+/m0/s1. The molecule has 198 valence electrons. The maximum atomic E-state index is 4.46. The van der Waals surface area contributed by atoms with E-state index in [2.05, 4.69) is 77.3 Å². The predicted molar refractivity (Wildman–Crippen MR) is 152 cm³/mol. The monoisotopic (exact) mass is 528 g/mol. The lowest BCUT2D eigenvalue weighted by atomic mass is 9.70. The minimum Gasteiger partial charge on any atom is -0.346 e. The van der Waals surface area contributed by atoms with Crippen LogP contribution in [0.5, 0.6) is 0 Å². The fraction of sp³-hybridized carbons (Fsp3) is 0.517. The zero-order valence-electron chi connectivity index (χ0n) is 23.1. The van der Waals surface area contributed by atoms with Crippen LogP contribution in [0, 0.1) is 26.7 Å². The molecule has 0 unspecified atom stereocenters. The predicted octanol–water partition coefficient (Wildman–Crippen LogP) is 5.88. The highest BCUT2D eigenvalue weighted by molar-refractivity contribution is 7.19. The van der Waals surface area contributed by atoms with Crippen LogP contribution in [-0.4, -0.2) is 52.1 Å².